The van der Waals surface area contributed by atoms with Crippen LogP contribution in [0.15, 0.2) is 66.7 Å². The van der Waals surface area contributed by atoms with Crippen molar-refractivity contribution in [1.29, 1.82) is 0 Å². The van der Waals surface area contributed by atoms with Crippen LogP contribution in [-0.2, 0) is 22.6 Å². The number of hydrogen-bond acceptors (Lipinski definition) is 5. The zero-order valence-corrected chi connectivity index (χ0v) is 18.6. The summed E-state index contributed by atoms with van der Waals surface area (Å²) in [6.07, 6.45) is 0.144. The van der Waals surface area contributed by atoms with Crippen LogP contribution in [0.4, 0.5) is 5.69 Å². The van der Waals surface area contributed by atoms with Gasteiger partial charge in [0.05, 0.1) is 22.2 Å². The number of thiazole rings is 1. The molecule has 0 fully saturated rings. The molecule has 7 nitrogen and oxygen atoms in total. The summed E-state index contributed by atoms with van der Waals surface area (Å²) < 4.78 is 0.967. The number of amides is 2. The average molecular weight is 460 g/mol. The number of fused-ring (bicyclic) bond motifs is 1. The number of carboxylic acids is 1. The molecule has 0 saturated carbocycles. The van der Waals surface area contributed by atoms with Crippen LogP contribution in [0.5, 0.6) is 0 Å². The Bertz CT molecular complexity index is 1360. The standard InChI is InChI=1S/C25H21N3O4S/c1-15(29)27-20-7-3-5-17(11-20)18-8-9-21-22(12-18)33-24(28-21)13-23(30)26-14-16-4-2-6-19(10-16)25(31)32/h2-12H,13-14H2,1H3,(H,26,30)(H,27,29)(H,31,32). The summed E-state index contributed by atoms with van der Waals surface area (Å²) in [7, 11) is 0. The van der Waals surface area contributed by atoms with Crippen molar-refractivity contribution in [2.24, 2.45) is 0 Å². The Morgan fingerprint density at radius 2 is 1.76 bits per heavy atom. The summed E-state index contributed by atoms with van der Waals surface area (Å²) in [5.41, 5.74) is 4.42. The molecule has 166 valence electrons. The van der Waals surface area contributed by atoms with Gasteiger partial charge in [-0.3, -0.25) is 9.59 Å². The van der Waals surface area contributed by atoms with Crippen molar-refractivity contribution in [3.8, 4) is 11.1 Å². The van der Waals surface area contributed by atoms with E-state index in [1.165, 1.54) is 24.3 Å². The fourth-order valence-electron chi connectivity index (χ4n) is 3.42. The number of aromatic carboxylic acids is 1. The smallest absolute Gasteiger partial charge is 0.335 e. The van der Waals surface area contributed by atoms with Crippen molar-refractivity contribution in [3.05, 3.63) is 82.9 Å². The molecule has 0 aliphatic carbocycles. The predicted molar refractivity (Wildman–Crippen MR) is 128 cm³/mol. The number of rotatable bonds is 7. The fraction of sp³-hybridized carbons (Fsp3) is 0.120. The molecule has 3 N–H and O–H groups in total. The van der Waals surface area contributed by atoms with Crippen LogP contribution >= 0.6 is 11.3 Å². The van der Waals surface area contributed by atoms with Crippen molar-refractivity contribution >= 4 is 45.0 Å². The summed E-state index contributed by atoms with van der Waals surface area (Å²) >= 11 is 1.46. The van der Waals surface area contributed by atoms with E-state index in [9.17, 15) is 14.4 Å². The van der Waals surface area contributed by atoms with E-state index in [-0.39, 0.29) is 30.3 Å². The molecule has 4 aromatic rings. The Morgan fingerprint density at radius 1 is 0.970 bits per heavy atom. The van der Waals surface area contributed by atoms with Gasteiger partial charge in [0.1, 0.15) is 5.01 Å². The Labute approximate surface area is 194 Å². The molecule has 0 unspecified atom stereocenters. The lowest BCUT2D eigenvalue weighted by Gasteiger charge is -2.06. The van der Waals surface area contributed by atoms with E-state index < -0.39 is 5.97 Å². The van der Waals surface area contributed by atoms with E-state index in [4.69, 9.17) is 5.11 Å². The highest BCUT2D eigenvalue weighted by atomic mass is 32.1. The van der Waals surface area contributed by atoms with E-state index in [0.29, 0.717) is 5.01 Å². The van der Waals surface area contributed by atoms with E-state index >= 15 is 0 Å². The van der Waals surface area contributed by atoms with Crippen LogP contribution in [0, 0.1) is 0 Å². The first-order chi connectivity index (χ1) is 15.9. The number of nitrogens with one attached hydrogen (secondary N) is 2. The van der Waals surface area contributed by atoms with Gasteiger partial charge in [-0.15, -0.1) is 11.3 Å². The Morgan fingerprint density at radius 3 is 2.55 bits per heavy atom. The number of anilines is 1. The van der Waals surface area contributed by atoms with Crippen molar-refractivity contribution in [3.63, 3.8) is 0 Å². The molecule has 8 heteroatoms. The van der Waals surface area contributed by atoms with Gasteiger partial charge in [0.25, 0.3) is 0 Å². The highest BCUT2D eigenvalue weighted by molar-refractivity contribution is 7.18. The minimum atomic E-state index is -1.00. The molecule has 0 saturated heterocycles. The maximum atomic E-state index is 12.4. The largest absolute Gasteiger partial charge is 0.478 e. The molecule has 2 amide bonds. The van der Waals surface area contributed by atoms with Crippen LogP contribution in [0.2, 0.25) is 0 Å². The monoisotopic (exact) mass is 459 g/mol. The van der Waals surface area contributed by atoms with Crippen molar-refractivity contribution in [2.75, 3.05) is 5.32 Å². The van der Waals surface area contributed by atoms with E-state index in [1.807, 2.05) is 42.5 Å². The molecule has 0 spiro atoms. The molecule has 0 radical (unpaired) electrons. The molecule has 33 heavy (non-hydrogen) atoms. The van der Waals surface area contributed by atoms with E-state index in [1.54, 1.807) is 18.2 Å². The molecule has 4 rings (SSSR count). The number of carbonyl (C=O) groups is 3. The minimum Gasteiger partial charge on any atom is -0.478 e. The van der Waals surface area contributed by atoms with Gasteiger partial charge in [0.15, 0.2) is 0 Å². The summed E-state index contributed by atoms with van der Waals surface area (Å²) in [5.74, 6) is -1.31. The van der Waals surface area contributed by atoms with Gasteiger partial charge in [-0.1, -0.05) is 30.3 Å². The molecule has 0 bridgehead atoms. The summed E-state index contributed by atoms with van der Waals surface area (Å²) in [4.78, 5) is 39.4. The predicted octanol–water partition coefficient (Wildman–Crippen LogP) is 4.48. The van der Waals surface area contributed by atoms with Crippen LogP contribution in [0.25, 0.3) is 21.3 Å². The molecule has 0 aliphatic rings. The van der Waals surface area contributed by atoms with Crippen molar-refractivity contribution < 1.29 is 19.5 Å². The lowest BCUT2D eigenvalue weighted by Crippen LogP contribution is -2.24. The van der Waals surface area contributed by atoms with Crippen LogP contribution < -0.4 is 10.6 Å². The first kappa shape index (κ1) is 22.2. The molecule has 0 aliphatic heterocycles. The fourth-order valence-corrected chi connectivity index (χ4v) is 4.43. The first-order valence-electron chi connectivity index (χ1n) is 10.2. The number of carbonyl (C=O) groups excluding carboxylic acids is 2. The SMILES string of the molecule is CC(=O)Nc1cccc(-c2ccc3nc(CC(=O)NCc4cccc(C(=O)O)c4)sc3c2)c1. The van der Waals surface area contributed by atoms with Gasteiger partial charge < -0.3 is 15.7 Å². The number of nitrogens with zero attached hydrogens (tertiary/aromatic N) is 1. The Kier molecular flexibility index (Phi) is 6.46. The topological polar surface area (TPSA) is 108 Å². The molecular weight excluding hydrogens is 438 g/mol. The summed E-state index contributed by atoms with van der Waals surface area (Å²) in [6, 6.07) is 20.0. The third-order valence-electron chi connectivity index (χ3n) is 4.92. The van der Waals surface area contributed by atoms with Gasteiger partial charge in [0, 0.05) is 19.2 Å². The second-order valence-electron chi connectivity index (χ2n) is 7.51. The maximum absolute atomic E-state index is 12.4. The van der Waals surface area contributed by atoms with E-state index in [2.05, 4.69) is 15.6 Å². The molecule has 1 heterocycles. The third-order valence-corrected chi connectivity index (χ3v) is 5.94. The second kappa shape index (κ2) is 9.62. The summed E-state index contributed by atoms with van der Waals surface area (Å²) in [6.45, 7) is 1.72. The van der Waals surface area contributed by atoms with Crippen molar-refractivity contribution in [2.45, 2.75) is 19.9 Å². The third kappa shape index (κ3) is 5.61. The minimum absolute atomic E-state index is 0.123. The van der Waals surface area contributed by atoms with Crippen LogP contribution in [-0.4, -0.2) is 27.9 Å². The normalized spacial score (nSPS) is 10.7. The maximum Gasteiger partial charge on any atom is 0.335 e. The second-order valence-corrected chi connectivity index (χ2v) is 8.63. The highest BCUT2D eigenvalue weighted by Gasteiger charge is 2.11. The quantitative estimate of drug-likeness (QED) is 0.378. The Hall–Kier alpha value is -4.04. The van der Waals surface area contributed by atoms with E-state index in [0.717, 1.165) is 32.6 Å². The van der Waals surface area contributed by atoms with Gasteiger partial charge in [-0.2, -0.15) is 0 Å². The molecule has 1 aromatic heterocycles. The van der Waals surface area contributed by atoms with Crippen molar-refractivity contribution in [1.82, 2.24) is 10.3 Å². The van der Waals surface area contributed by atoms with Gasteiger partial charge in [-0.05, 0) is 53.1 Å². The number of benzene rings is 3. The highest BCUT2D eigenvalue weighted by Crippen LogP contribution is 2.29. The number of carboxylic acid groups (broad SMARTS) is 1. The lowest BCUT2D eigenvalue weighted by atomic mass is 10.0. The lowest BCUT2D eigenvalue weighted by molar-refractivity contribution is -0.120. The molecular formula is C25H21N3O4S. The Balaban J connectivity index is 1.44. The van der Waals surface area contributed by atoms with Gasteiger partial charge in [0.2, 0.25) is 11.8 Å². The number of hydrogen-bond donors (Lipinski definition) is 3. The van der Waals surface area contributed by atoms with Gasteiger partial charge in [-0.25, -0.2) is 9.78 Å². The zero-order valence-electron chi connectivity index (χ0n) is 17.8. The first-order valence-corrected chi connectivity index (χ1v) is 11.1. The van der Waals surface area contributed by atoms with Gasteiger partial charge >= 0.3 is 5.97 Å². The zero-order chi connectivity index (χ0) is 23.4. The summed E-state index contributed by atoms with van der Waals surface area (Å²) in [5, 5.41) is 15.4. The molecule has 3 aromatic carbocycles. The van der Waals surface area contributed by atoms with Crippen LogP contribution in [0.1, 0.15) is 27.9 Å². The van der Waals surface area contributed by atoms with Crippen LogP contribution in [0.3, 0.4) is 0 Å². The molecule has 0 atom stereocenters. The average Bonchev–Trinajstić information content (AvgIpc) is 3.19. The number of aromatic nitrogens is 1.